The minimum Gasteiger partial charge on any atom is -0.353 e. The Morgan fingerprint density at radius 1 is 1.09 bits per heavy atom. The molecule has 0 saturated carbocycles. The molecule has 1 aliphatic heterocycles. The van der Waals surface area contributed by atoms with Gasteiger partial charge in [0.05, 0.1) is 11.6 Å². The monoisotopic (exact) mass is 446 g/mol. The van der Waals surface area contributed by atoms with Gasteiger partial charge in [0.15, 0.2) is 0 Å². The molecule has 1 aliphatic rings. The number of carbonyl (C=O) groups is 2. The van der Waals surface area contributed by atoms with E-state index in [9.17, 15) is 14.0 Å². The molecule has 1 fully saturated rings. The first-order chi connectivity index (χ1) is 15.9. The molecule has 33 heavy (non-hydrogen) atoms. The van der Waals surface area contributed by atoms with Crippen molar-refractivity contribution in [3.8, 4) is 11.1 Å². The van der Waals surface area contributed by atoms with Crippen LogP contribution in [0.15, 0.2) is 67.1 Å². The number of rotatable bonds is 6. The smallest absolute Gasteiger partial charge is 0.274 e. The highest BCUT2D eigenvalue weighted by Gasteiger charge is 2.46. The van der Waals surface area contributed by atoms with Gasteiger partial charge in [0, 0.05) is 37.1 Å². The molecule has 0 radical (unpaired) electrons. The van der Waals surface area contributed by atoms with E-state index < -0.39 is 5.41 Å². The van der Waals surface area contributed by atoms with Gasteiger partial charge in [-0.25, -0.2) is 9.37 Å². The molecule has 1 saturated heterocycles. The van der Waals surface area contributed by atoms with Crippen molar-refractivity contribution in [1.29, 1.82) is 0 Å². The Morgan fingerprint density at radius 2 is 1.82 bits per heavy atom. The summed E-state index contributed by atoms with van der Waals surface area (Å²) in [5.74, 6) is -0.656. The number of halogens is 1. The molecule has 0 spiro atoms. The average Bonchev–Trinajstić information content (AvgIpc) is 3.25. The topological polar surface area (TPSA) is 75.2 Å². The second kappa shape index (κ2) is 9.48. The summed E-state index contributed by atoms with van der Waals surface area (Å²) in [6.45, 7) is 4.52. The van der Waals surface area contributed by atoms with Gasteiger partial charge in [-0.1, -0.05) is 42.5 Å². The fourth-order valence-corrected chi connectivity index (χ4v) is 4.42. The van der Waals surface area contributed by atoms with E-state index in [2.05, 4.69) is 15.3 Å². The van der Waals surface area contributed by atoms with E-state index in [4.69, 9.17) is 0 Å². The van der Waals surface area contributed by atoms with E-state index in [1.54, 1.807) is 23.1 Å². The fourth-order valence-electron chi connectivity index (χ4n) is 4.42. The van der Waals surface area contributed by atoms with Crippen LogP contribution >= 0.6 is 0 Å². The Labute approximate surface area is 192 Å². The number of benzene rings is 2. The molecule has 3 aromatic rings. The molecule has 0 bridgehead atoms. The molecule has 2 amide bonds. The Bertz CT molecular complexity index is 1150. The van der Waals surface area contributed by atoms with Gasteiger partial charge in [0.1, 0.15) is 11.5 Å². The molecule has 0 aliphatic carbocycles. The first-order valence-electron chi connectivity index (χ1n) is 11.1. The number of hydrogen-bond donors (Lipinski definition) is 1. The van der Waals surface area contributed by atoms with E-state index in [1.807, 2.05) is 38.1 Å². The first-order valence-corrected chi connectivity index (χ1v) is 11.1. The molecule has 170 valence electrons. The van der Waals surface area contributed by atoms with E-state index >= 15 is 0 Å². The minimum absolute atomic E-state index is 0.0408. The predicted molar refractivity (Wildman–Crippen MR) is 124 cm³/mol. The van der Waals surface area contributed by atoms with Crippen molar-refractivity contribution in [1.82, 2.24) is 20.2 Å². The highest BCUT2D eigenvalue weighted by atomic mass is 19.1. The SMILES string of the molecule is CC(C)NC(=O)[C@@]1(Cc2ccccc2-c2ccccc2F)CCN(C(=O)c2cnccn2)C1. The molecular formula is C26H27FN4O2. The fraction of sp³-hybridized carbons (Fsp3) is 0.308. The van der Waals surface area contributed by atoms with Gasteiger partial charge in [-0.05, 0) is 43.9 Å². The quantitative estimate of drug-likeness (QED) is 0.624. The van der Waals surface area contributed by atoms with Crippen LogP contribution in [0, 0.1) is 11.2 Å². The second-order valence-electron chi connectivity index (χ2n) is 8.79. The zero-order chi connectivity index (χ0) is 23.4. The predicted octanol–water partition coefficient (Wildman–Crippen LogP) is 3.88. The average molecular weight is 447 g/mol. The van der Waals surface area contributed by atoms with Crippen molar-refractivity contribution in [2.45, 2.75) is 32.7 Å². The summed E-state index contributed by atoms with van der Waals surface area (Å²) in [6.07, 6.45) is 5.32. The van der Waals surface area contributed by atoms with Crippen molar-refractivity contribution >= 4 is 11.8 Å². The number of hydrogen-bond acceptors (Lipinski definition) is 4. The lowest BCUT2D eigenvalue weighted by Gasteiger charge is -2.30. The van der Waals surface area contributed by atoms with Crippen LogP contribution in [0.4, 0.5) is 4.39 Å². The normalized spacial score (nSPS) is 17.9. The highest BCUT2D eigenvalue weighted by molar-refractivity contribution is 5.93. The van der Waals surface area contributed by atoms with Crippen LogP contribution in [-0.2, 0) is 11.2 Å². The largest absolute Gasteiger partial charge is 0.353 e. The summed E-state index contributed by atoms with van der Waals surface area (Å²) in [5, 5.41) is 3.04. The molecule has 2 aromatic carbocycles. The van der Waals surface area contributed by atoms with Gasteiger partial charge in [0.25, 0.3) is 5.91 Å². The number of nitrogens with zero attached hydrogens (tertiary/aromatic N) is 3. The van der Waals surface area contributed by atoms with Crippen molar-refractivity contribution in [3.05, 3.63) is 84.2 Å². The van der Waals surface area contributed by atoms with Gasteiger partial charge in [0.2, 0.25) is 5.91 Å². The molecule has 2 heterocycles. The molecule has 1 N–H and O–H groups in total. The Kier molecular flexibility index (Phi) is 6.49. The maximum Gasteiger partial charge on any atom is 0.274 e. The van der Waals surface area contributed by atoms with Crippen LogP contribution in [0.2, 0.25) is 0 Å². The lowest BCUT2D eigenvalue weighted by atomic mass is 9.78. The first kappa shape index (κ1) is 22.6. The summed E-state index contributed by atoms with van der Waals surface area (Å²) in [4.78, 5) is 36.2. The van der Waals surface area contributed by atoms with Crippen LogP contribution < -0.4 is 5.32 Å². The Balaban J connectivity index is 1.68. The van der Waals surface area contributed by atoms with Crippen LogP contribution in [0.1, 0.15) is 36.3 Å². The van der Waals surface area contributed by atoms with E-state index in [-0.39, 0.29) is 35.9 Å². The molecular weight excluding hydrogens is 419 g/mol. The standard InChI is InChI=1S/C26H27FN4O2/c1-18(2)30-25(33)26(11-14-31(17-26)24(32)23-16-28-12-13-29-23)15-19-7-3-4-8-20(19)21-9-5-6-10-22(21)27/h3-10,12-13,16,18H,11,14-15,17H2,1-2H3,(H,30,33)/t26-/m1/s1. The van der Waals surface area contributed by atoms with Gasteiger partial charge >= 0.3 is 0 Å². The van der Waals surface area contributed by atoms with Crippen molar-refractivity contribution in [2.24, 2.45) is 5.41 Å². The van der Waals surface area contributed by atoms with Crippen LogP contribution in [0.25, 0.3) is 11.1 Å². The molecule has 4 rings (SSSR count). The second-order valence-corrected chi connectivity index (χ2v) is 8.79. The Hall–Kier alpha value is -3.61. The van der Waals surface area contributed by atoms with Gasteiger partial charge in [-0.3, -0.25) is 14.6 Å². The van der Waals surface area contributed by atoms with Crippen molar-refractivity contribution in [2.75, 3.05) is 13.1 Å². The number of amides is 2. The van der Waals surface area contributed by atoms with Crippen molar-refractivity contribution in [3.63, 3.8) is 0 Å². The third-order valence-electron chi connectivity index (χ3n) is 6.03. The van der Waals surface area contributed by atoms with E-state index in [0.717, 1.165) is 11.1 Å². The van der Waals surface area contributed by atoms with E-state index in [1.165, 1.54) is 24.7 Å². The van der Waals surface area contributed by atoms with Crippen LogP contribution in [-0.4, -0.2) is 45.8 Å². The zero-order valence-corrected chi connectivity index (χ0v) is 18.8. The molecule has 1 aromatic heterocycles. The lowest BCUT2D eigenvalue weighted by Crippen LogP contribution is -2.47. The van der Waals surface area contributed by atoms with Crippen LogP contribution in [0.3, 0.4) is 0 Å². The summed E-state index contributed by atoms with van der Waals surface area (Å²) < 4.78 is 14.6. The minimum atomic E-state index is -0.830. The summed E-state index contributed by atoms with van der Waals surface area (Å²) in [5.41, 5.74) is 1.55. The third kappa shape index (κ3) is 4.77. The number of carbonyl (C=O) groups excluding carboxylic acids is 2. The third-order valence-corrected chi connectivity index (χ3v) is 6.03. The molecule has 6 nitrogen and oxygen atoms in total. The van der Waals surface area contributed by atoms with Crippen molar-refractivity contribution < 1.29 is 14.0 Å². The van der Waals surface area contributed by atoms with Gasteiger partial charge < -0.3 is 10.2 Å². The Morgan fingerprint density at radius 3 is 2.52 bits per heavy atom. The van der Waals surface area contributed by atoms with Crippen LogP contribution in [0.5, 0.6) is 0 Å². The summed E-state index contributed by atoms with van der Waals surface area (Å²) in [7, 11) is 0. The number of nitrogens with one attached hydrogen (secondary N) is 1. The van der Waals surface area contributed by atoms with Gasteiger partial charge in [-0.2, -0.15) is 0 Å². The summed E-state index contributed by atoms with van der Waals surface area (Å²) in [6, 6.07) is 14.2. The maximum absolute atomic E-state index is 14.6. The summed E-state index contributed by atoms with van der Waals surface area (Å²) >= 11 is 0. The molecule has 0 unspecified atom stereocenters. The molecule has 1 atom stereocenters. The van der Waals surface area contributed by atoms with Gasteiger partial charge in [-0.15, -0.1) is 0 Å². The highest BCUT2D eigenvalue weighted by Crippen LogP contribution is 2.38. The number of aromatic nitrogens is 2. The number of likely N-dealkylation sites (tertiary alicyclic amines) is 1. The maximum atomic E-state index is 14.6. The molecule has 7 heteroatoms. The van der Waals surface area contributed by atoms with E-state index in [0.29, 0.717) is 24.9 Å². The zero-order valence-electron chi connectivity index (χ0n) is 18.8. The lowest BCUT2D eigenvalue weighted by molar-refractivity contribution is -0.130.